The van der Waals surface area contributed by atoms with Gasteiger partial charge in [-0.25, -0.2) is 0 Å². The first kappa shape index (κ1) is 18.9. The third kappa shape index (κ3) is 3.65. The fourth-order valence-corrected chi connectivity index (χ4v) is 2.55. The van der Waals surface area contributed by atoms with Crippen molar-refractivity contribution in [2.24, 2.45) is 0 Å². The number of rotatable bonds is 4. The highest BCUT2D eigenvalue weighted by Gasteiger charge is 2.50. The molecule has 2 fully saturated rings. The summed E-state index contributed by atoms with van der Waals surface area (Å²) in [6.07, 6.45) is -15.6. The molecule has 0 aromatic rings. The molecule has 0 aromatic carbocycles. The molecule has 0 spiro atoms. The smallest absolute Gasteiger partial charge is 0.187 e. The van der Waals surface area contributed by atoms with Crippen LogP contribution in [0.1, 0.15) is 0 Å². The summed E-state index contributed by atoms with van der Waals surface area (Å²) in [4.78, 5) is 0. The average molecular weight is 342 g/mol. The van der Waals surface area contributed by atoms with E-state index in [0.29, 0.717) is 0 Å². The van der Waals surface area contributed by atoms with Gasteiger partial charge in [0.1, 0.15) is 48.8 Å². The summed E-state index contributed by atoms with van der Waals surface area (Å²) >= 11 is 0. The summed E-state index contributed by atoms with van der Waals surface area (Å²) in [5, 5.41) is 76.7. The highest BCUT2D eigenvalue weighted by molar-refractivity contribution is 4.93. The van der Waals surface area contributed by atoms with Gasteiger partial charge in [-0.3, -0.25) is 0 Å². The van der Waals surface area contributed by atoms with Crippen LogP contribution < -0.4 is 0 Å². The molecule has 8 N–H and O–H groups in total. The first-order valence-electron chi connectivity index (χ1n) is 7.08. The minimum absolute atomic E-state index is 0.651. The molecule has 23 heavy (non-hydrogen) atoms. The van der Waals surface area contributed by atoms with Crippen molar-refractivity contribution >= 4 is 0 Å². The lowest BCUT2D eigenvalue weighted by Gasteiger charge is -2.44. The highest BCUT2D eigenvalue weighted by atomic mass is 16.7. The summed E-state index contributed by atoms with van der Waals surface area (Å²) in [6.45, 7) is -1.33. The van der Waals surface area contributed by atoms with E-state index in [0.717, 1.165) is 0 Å². The molecule has 2 heterocycles. The topological polar surface area (TPSA) is 190 Å². The third-order valence-corrected chi connectivity index (χ3v) is 3.98. The maximum atomic E-state index is 9.94. The second-order valence-electron chi connectivity index (χ2n) is 5.53. The Hall–Kier alpha value is -0.440. The van der Waals surface area contributed by atoms with Crippen LogP contribution in [-0.2, 0) is 14.2 Å². The molecule has 2 aliphatic rings. The Morgan fingerprint density at radius 2 is 1.17 bits per heavy atom. The van der Waals surface area contributed by atoms with Crippen LogP contribution in [-0.4, -0.2) is 115 Å². The van der Waals surface area contributed by atoms with E-state index in [1.165, 1.54) is 0 Å². The summed E-state index contributed by atoms with van der Waals surface area (Å²) in [5.74, 6) is 0. The Morgan fingerprint density at radius 3 is 1.74 bits per heavy atom. The molecule has 2 saturated heterocycles. The molecule has 11 nitrogen and oxygen atoms in total. The van der Waals surface area contributed by atoms with Gasteiger partial charge in [0.05, 0.1) is 13.2 Å². The lowest BCUT2D eigenvalue weighted by molar-refractivity contribution is -0.361. The molecule has 11 heteroatoms. The van der Waals surface area contributed by atoms with Crippen molar-refractivity contribution in [2.75, 3.05) is 13.2 Å². The summed E-state index contributed by atoms with van der Waals surface area (Å²) < 4.78 is 15.1. The van der Waals surface area contributed by atoms with E-state index in [4.69, 9.17) is 24.4 Å². The predicted molar refractivity (Wildman–Crippen MR) is 68.6 cm³/mol. The zero-order valence-electron chi connectivity index (χ0n) is 12.0. The Bertz CT molecular complexity index is 380. The van der Waals surface area contributed by atoms with Crippen molar-refractivity contribution in [3.05, 3.63) is 0 Å². The van der Waals surface area contributed by atoms with E-state index in [2.05, 4.69) is 0 Å². The number of hydrogen-bond donors (Lipinski definition) is 8. The van der Waals surface area contributed by atoms with Gasteiger partial charge in [-0.05, 0) is 0 Å². The Balaban J connectivity index is 2.08. The van der Waals surface area contributed by atoms with E-state index in [-0.39, 0.29) is 0 Å². The molecule has 0 saturated carbocycles. The van der Waals surface area contributed by atoms with Crippen LogP contribution in [0.5, 0.6) is 0 Å². The predicted octanol–water partition coefficient (Wildman–Crippen LogP) is -5.40. The maximum absolute atomic E-state index is 9.94. The SMILES string of the molecule is OC[C@H]1O[C@H](O[C@@H]2[C@@H](O)[C@H](O)[C@@H](CO)O[C@@H]2O)[C@H](O)[C@@H](O)[C@H]1O. The lowest BCUT2D eigenvalue weighted by atomic mass is 9.97. The monoisotopic (exact) mass is 342 g/mol. The maximum Gasteiger partial charge on any atom is 0.187 e. The van der Waals surface area contributed by atoms with Gasteiger partial charge >= 0.3 is 0 Å². The van der Waals surface area contributed by atoms with Gasteiger partial charge in [0.25, 0.3) is 0 Å². The van der Waals surface area contributed by atoms with Gasteiger partial charge in [0.15, 0.2) is 12.6 Å². The van der Waals surface area contributed by atoms with Crippen LogP contribution in [0.2, 0.25) is 0 Å². The summed E-state index contributed by atoms with van der Waals surface area (Å²) in [5.41, 5.74) is 0. The standard InChI is InChI=1S/C12H22O11/c13-1-3-6(16)8(18)10(11(20)21-3)23-12-9(19)7(17)5(15)4(2-14)22-12/h3-20H,1-2H2/t3-,4-,5+,6-,7+,8+,9-,10-,11+,12-/m1/s1. The molecular formula is C12H22O11. The van der Waals surface area contributed by atoms with Crippen molar-refractivity contribution in [1.82, 2.24) is 0 Å². The van der Waals surface area contributed by atoms with Gasteiger partial charge < -0.3 is 55.1 Å². The molecule has 2 rings (SSSR count). The Kier molecular flexibility index (Phi) is 6.27. The van der Waals surface area contributed by atoms with Gasteiger partial charge in [0, 0.05) is 0 Å². The number of aliphatic hydroxyl groups is 8. The summed E-state index contributed by atoms with van der Waals surface area (Å²) in [7, 11) is 0. The average Bonchev–Trinajstić information content (AvgIpc) is 2.54. The van der Waals surface area contributed by atoms with Crippen LogP contribution in [0.15, 0.2) is 0 Å². The van der Waals surface area contributed by atoms with Crippen LogP contribution in [0, 0.1) is 0 Å². The van der Waals surface area contributed by atoms with Crippen molar-refractivity contribution in [2.45, 2.75) is 61.4 Å². The quantitative estimate of drug-likeness (QED) is 0.243. The van der Waals surface area contributed by atoms with Gasteiger partial charge in [0.2, 0.25) is 0 Å². The van der Waals surface area contributed by atoms with E-state index < -0.39 is 74.6 Å². The Labute approximate surface area is 130 Å². The normalized spacial score (nSPS) is 51.7. The molecule has 0 bridgehead atoms. The van der Waals surface area contributed by atoms with Crippen LogP contribution in [0.25, 0.3) is 0 Å². The van der Waals surface area contributed by atoms with Crippen molar-refractivity contribution in [3.8, 4) is 0 Å². The number of aliphatic hydroxyl groups excluding tert-OH is 8. The minimum atomic E-state index is -1.75. The largest absolute Gasteiger partial charge is 0.394 e. The first-order valence-corrected chi connectivity index (χ1v) is 7.08. The van der Waals surface area contributed by atoms with Crippen LogP contribution >= 0.6 is 0 Å². The second kappa shape index (κ2) is 7.63. The second-order valence-corrected chi connectivity index (χ2v) is 5.53. The Morgan fingerprint density at radius 1 is 0.652 bits per heavy atom. The number of hydrogen-bond acceptors (Lipinski definition) is 11. The molecular weight excluding hydrogens is 320 g/mol. The zero-order chi connectivity index (χ0) is 17.3. The van der Waals surface area contributed by atoms with E-state index >= 15 is 0 Å². The molecule has 10 atom stereocenters. The van der Waals surface area contributed by atoms with Crippen LogP contribution in [0.4, 0.5) is 0 Å². The van der Waals surface area contributed by atoms with Crippen molar-refractivity contribution in [1.29, 1.82) is 0 Å². The van der Waals surface area contributed by atoms with Gasteiger partial charge in [-0.2, -0.15) is 0 Å². The molecule has 0 unspecified atom stereocenters. The third-order valence-electron chi connectivity index (χ3n) is 3.98. The molecule has 0 radical (unpaired) electrons. The fourth-order valence-electron chi connectivity index (χ4n) is 2.55. The van der Waals surface area contributed by atoms with Crippen molar-refractivity contribution in [3.63, 3.8) is 0 Å². The molecule has 0 aliphatic carbocycles. The fraction of sp³-hybridized carbons (Fsp3) is 1.00. The lowest BCUT2D eigenvalue weighted by Crippen LogP contribution is -2.64. The van der Waals surface area contributed by atoms with E-state index in [1.54, 1.807) is 0 Å². The zero-order valence-corrected chi connectivity index (χ0v) is 12.0. The van der Waals surface area contributed by atoms with E-state index in [1.807, 2.05) is 0 Å². The van der Waals surface area contributed by atoms with Gasteiger partial charge in [-0.15, -0.1) is 0 Å². The van der Waals surface area contributed by atoms with E-state index in [9.17, 15) is 30.6 Å². The summed E-state index contributed by atoms with van der Waals surface area (Å²) in [6, 6.07) is 0. The molecule has 136 valence electrons. The first-order chi connectivity index (χ1) is 10.8. The van der Waals surface area contributed by atoms with Crippen molar-refractivity contribution < 1.29 is 55.1 Å². The van der Waals surface area contributed by atoms with Crippen LogP contribution in [0.3, 0.4) is 0 Å². The molecule has 2 aliphatic heterocycles. The molecule has 0 aromatic heterocycles. The number of ether oxygens (including phenoxy) is 3. The highest BCUT2D eigenvalue weighted by Crippen LogP contribution is 2.28. The van der Waals surface area contributed by atoms with Gasteiger partial charge in [-0.1, -0.05) is 0 Å². The minimum Gasteiger partial charge on any atom is -0.394 e. The molecule has 0 amide bonds.